The standard InChI is InChI=1S/C13H11BrN2O3S/c1-2-10-15-11(17)6-12(16-10)20-7-3-4-9(14)8(5-7)13(18)19/h3-6H,2H2,1H3,(H,18,19)(H,15,16,17). The molecule has 0 bridgehead atoms. The number of aryl methyl sites for hydroxylation is 1. The van der Waals surface area contributed by atoms with Gasteiger partial charge in [0.1, 0.15) is 10.9 Å². The number of H-pyrrole nitrogens is 1. The summed E-state index contributed by atoms with van der Waals surface area (Å²) in [6.45, 7) is 1.90. The van der Waals surface area contributed by atoms with E-state index in [0.29, 0.717) is 26.6 Å². The quantitative estimate of drug-likeness (QED) is 0.824. The SMILES string of the molecule is CCc1nc(Sc2ccc(Br)c(C(=O)O)c2)cc(=O)[nH]1. The largest absolute Gasteiger partial charge is 0.478 e. The second-order valence-electron chi connectivity index (χ2n) is 3.93. The third kappa shape index (κ3) is 3.49. The molecule has 5 nitrogen and oxygen atoms in total. The van der Waals surface area contributed by atoms with Crippen molar-refractivity contribution in [2.75, 3.05) is 0 Å². The zero-order valence-corrected chi connectivity index (χ0v) is 12.9. The highest BCUT2D eigenvalue weighted by atomic mass is 79.9. The number of nitrogens with zero attached hydrogens (tertiary/aromatic N) is 1. The molecule has 2 aromatic rings. The lowest BCUT2D eigenvalue weighted by Gasteiger charge is -2.05. The molecule has 1 aromatic carbocycles. The molecule has 0 aliphatic rings. The number of nitrogens with one attached hydrogen (secondary N) is 1. The summed E-state index contributed by atoms with van der Waals surface area (Å²) in [7, 11) is 0. The fraction of sp³-hybridized carbons (Fsp3) is 0.154. The molecular formula is C13H11BrN2O3S. The first kappa shape index (κ1) is 14.8. The lowest BCUT2D eigenvalue weighted by atomic mass is 10.2. The van der Waals surface area contributed by atoms with Gasteiger partial charge in [-0.05, 0) is 34.1 Å². The molecule has 0 unspecified atom stereocenters. The molecule has 7 heteroatoms. The Labute approximate surface area is 127 Å². The maximum absolute atomic E-state index is 11.5. The van der Waals surface area contributed by atoms with Crippen LogP contribution in [0.15, 0.2) is 43.5 Å². The summed E-state index contributed by atoms with van der Waals surface area (Å²) >= 11 is 4.45. The number of aromatic carboxylic acids is 1. The Morgan fingerprint density at radius 3 is 2.85 bits per heavy atom. The number of aromatic amines is 1. The van der Waals surface area contributed by atoms with Crippen LogP contribution in [0.5, 0.6) is 0 Å². The fourth-order valence-electron chi connectivity index (χ4n) is 1.56. The number of carboxylic acids is 1. The lowest BCUT2D eigenvalue weighted by Crippen LogP contribution is -2.10. The summed E-state index contributed by atoms with van der Waals surface area (Å²) in [5.74, 6) is -0.400. The smallest absolute Gasteiger partial charge is 0.336 e. The van der Waals surface area contributed by atoms with Crippen molar-refractivity contribution in [1.82, 2.24) is 9.97 Å². The zero-order chi connectivity index (χ0) is 14.7. The lowest BCUT2D eigenvalue weighted by molar-refractivity contribution is 0.0695. The molecular weight excluding hydrogens is 344 g/mol. The maximum Gasteiger partial charge on any atom is 0.336 e. The molecule has 1 heterocycles. The normalized spacial score (nSPS) is 10.5. The van der Waals surface area contributed by atoms with Crippen LogP contribution in [0.4, 0.5) is 0 Å². The van der Waals surface area contributed by atoms with Gasteiger partial charge >= 0.3 is 5.97 Å². The number of aromatic nitrogens is 2. The van der Waals surface area contributed by atoms with Crippen LogP contribution < -0.4 is 5.56 Å². The third-order valence-corrected chi connectivity index (χ3v) is 4.09. The fourth-order valence-corrected chi connectivity index (χ4v) is 2.85. The average molecular weight is 355 g/mol. The van der Waals surface area contributed by atoms with Crippen LogP contribution in [0.2, 0.25) is 0 Å². The number of hydrogen-bond donors (Lipinski definition) is 2. The van der Waals surface area contributed by atoms with Crippen LogP contribution in [0.1, 0.15) is 23.1 Å². The van der Waals surface area contributed by atoms with E-state index in [2.05, 4.69) is 25.9 Å². The summed E-state index contributed by atoms with van der Waals surface area (Å²) in [6, 6.07) is 6.38. The molecule has 2 rings (SSSR count). The van der Waals surface area contributed by atoms with E-state index in [1.54, 1.807) is 18.2 Å². The summed E-state index contributed by atoms with van der Waals surface area (Å²) in [5, 5.41) is 9.62. The maximum atomic E-state index is 11.5. The van der Waals surface area contributed by atoms with Crippen LogP contribution in [-0.2, 0) is 6.42 Å². The van der Waals surface area contributed by atoms with Gasteiger partial charge in [0.15, 0.2) is 0 Å². The van der Waals surface area contributed by atoms with Crippen molar-refractivity contribution < 1.29 is 9.90 Å². The predicted molar refractivity (Wildman–Crippen MR) is 79.5 cm³/mol. The topological polar surface area (TPSA) is 83.0 Å². The van der Waals surface area contributed by atoms with Gasteiger partial charge in [-0.25, -0.2) is 9.78 Å². The van der Waals surface area contributed by atoms with Crippen molar-refractivity contribution in [1.29, 1.82) is 0 Å². The van der Waals surface area contributed by atoms with Gasteiger partial charge < -0.3 is 10.1 Å². The van der Waals surface area contributed by atoms with Gasteiger partial charge in [0.2, 0.25) is 0 Å². The van der Waals surface area contributed by atoms with Crippen LogP contribution in [0.25, 0.3) is 0 Å². The van der Waals surface area contributed by atoms with E-state index in [1.807, 2.05) is 6.92 Å². The Morgan fingerprint density at radius 2 is 2.20 bits per heavy atom. The Morgan fingerprint density at radius 1 is 1.45 bits per heavy atom. The van der Waals surface area contributed by atoms with Gasteiger partial charge in [-0.2, -0.15) is 0 Å². The molecule has 0 aliphatic heterocycles. The van der Waals surface area contributed by atoms with Gasteiger partial charge in [-0.3, -0.25) is 4.79 Å². The molecule has 0 atom stereocenters. The average Bonchev–Trinajstić information content (AvgIpc) is 2.40. The minimum atomic E-state index is -1.01. The molecule has 0 saturated heterocycles. The molecule has 0 spiro atoms. The van der Waals surface area contributed by atoms with Crippen molar-refractivity contribution in [3.05, 3.63) is 50.5 Å². The zero-order valence-electron chi connectivity index (χ0n) is 10.5. The highest BCUT2D eigenvalue weighted by Crippen LogP contribution is 2.29. The van der Waals surface area contributed by atoms with Gasteiger partial charge in [0.25, 0.3) is 5.56 Å². The highest BCUT2D eigenvalue weighted by molar-refractivity contribution is 9.10. The second-order valence-corrected chi connectivity index (χ2v) is 5.88. The van der Waals surface area contributed by atoms with Crippen molar-refractivity contribution in [2.24, 2.45) is 0 Å². The van der Waals surface area contributed by atoms with Crippen molar-refractivity contribution >= 4 is 33.7 Å². The molecule has 0 amide bonds. The molecule has 0 saturated carbocycles. The van der Waals surface area contributed by atoms with E-state index in [-0.39, 0.29) is 11.1 Å². The van der Waals surface area contributed by atoms with Crippen LogP contribution in [0.3, 0.4) is 0 Å². The Balaban J connectivity index is 2.35. The predicted octanol–water partition coefficient (Wildman–Crippen LogP) is 2.94. The third-order valence-electron chi connectivity index (χ3n) is 2.49. The van der Waals surface area contributed by atoms with Crippen LogP contribution in [-0.4, -0.2) is 21.0 Å². The van der Waals surface area contributed by atoms with Crippen LogP contribution >= 0.6 is 27.7 Å². The molecule has 0 fully saturated rings. The van der Waals surface area contributed by atoms with E-state index in [4.69, 9.17) is 5.11 Å². The Bertz CT molecular complexity index is 715. The Kier molecular flexibility index (Phi) is 4.61. The number of carboxylic acid groups (broad SMARTS) is 1. The van der Waals surface area contributed by atoms with Crippen LogP contribution in [0, 0.1) is 0 Å². The monoisotopic (exact) mass is 354 g/mol. The summed E-state index contributed by atoms with van der Waals surface area (Å²) in [5.41, 5.74) is -0.0366. The van der Waals surface area contributed by atoms with Gasteiger partial charge in [-0.15, -0.1) is 0 Å². The number of carbonyl (C=O) groups is 1. The number of rotatable bonds is 4. The first-order chi connectivity index (χ1) is 9.49. The summed E-state index contributed by atoms with van der Waals surface area (Å²) in [4.78, 5) is 30.2. The van der Waals surface area contributed by atoms with Crippen molar-refractivity contribution in [3.63, 3.8) is 0 Å². The summed E-state index contributed by atoms with van der Waals surface area (Å²) in [6.07, 6.45) is 0.629. The number of benzene rings is 1. The first-order valence-electron chi connectivity index (χ1n) is 5.80. The minimum Gasteiger partial charge on any atom is -0.478 e. The minimum absolute atomic E-state index is 0.176. The molecule has 1 aromatic heterocycles. The van der Waals surface area contributed by atoms with E-state index in [9.17, 15) is 9.59 Å². The van der Waals surface area contributed by atoms with Gasteiger partial charge in [-0.1, -0.05) is 18.7 Å². The summed E-state index contributed by atoms with van der Waals surface area (Å²) < 4.78 is 0.516. The Hall–Kier alpha value is -1.60. The van der Waals surface area contributed by atoms with E-state index < -0.39 is 5.97 Å². The number of halogens is 1. The highest BCUT2D eigenvalue weighted by Gasteiger charge is 2.10. The number of hydrogen-bond acceptors (Lipinski definition) is 4. The second kappa shape index (κ2) is 6.23. The molecule has 0 radical (unpaired) electrons. The molecule has 0 aliphatic carbocycles. The van der Waals surface area contributed by atoms with Gasteiger partial charge in [0, 0.05) is 21.9 Å². The molecule has 20 heavy (non-hydrogen) atoms. The molecule has 2 N–H and O–H groups in total. The van der Waals surface area contributed by atoms with Crippen molar-refractivity contribution in [3.8, 4) is 0 Å². The van der Waals surface area contributed by atoms with E-state index >= 15 is 0 Å². The van der Waals surface area contributed by atoms with E-state index in [1.165, 1.54) is 17.8 Å². The first-order valence-corrected chi connectivity index (χ1v) is 7.41. The van der Waals surface area contributed by atoms with Gasteiger partial charge in [0.05, 0.1) is 5.56 Å². The van der Waals surface area contributed by atoms with Crippen molar-refractivity contribution in [2.45, 2.75) is 23.3 Å². The van der Waals surface area contributed by atoms with E-state index in [0.717, 1.165) is 0 Å². The molecule has 104 valence electrons.